The fraction of sp³-hybridized carbons (Fsp3) is 0.588. The van der Waals surface area contributed by atoms with E-state index in [0.717, 1.165) is 12.5 Å². The minimum absolute atomic E-state index is 0.0570. The molecule has 2 fully saturated rings. The number of Topliss-reactive ketones (excluding diaryl/α,β-unsaturated/α-hetero) is 1. The molecule has 1 aromatic carbocycles. The van der Waals surface area contributed by atoms with Gasteiger partial charge in [0.15, 0.2) is 5.78 Å². The molecule has 1 saturated heterocycles. The van der Waals surface area contributed by atoms with Crippen molar-refractivity contribution in [2.45, 2.75) is 51.5 Å². The molecule has 2 unspecified atom stereocenters. The van der Waals surface area contributed by atoms with Crippen LogP contribution in [0.4, 0.5) is 11.4 Å². The van der Waals surface area contributed by atoms with Crippen LogP contribution in [0.3, 0.4) is 0 Å². The van der Waals surface area contributed by atoms with Gasteiger partial charge >= 0.3 is 0 Å². The van der Waals surface area contributed by atoms with Gasteiger partial charge in [-0.25, -0.2) is 0 Å². The van der Waals surface area contributed by atoms with Crippen LogP contribution in [0.15, 0.2) is 18.2 Å². The quantitative estimate of drug-likeness (QED) is 0.660. The summed E-state index contributed by atoms with van der Waals surface area (Å²) in [4.78, 5) is 14.2. The van der Waals surface area contributed by atoms with Crippen molar-refractivity contribution in [3.8, 4) is 0 Å². The lowest BCUT2D eigenvalue weighted by Gasteiger charge is -2.45. The van der Waals surface area contributed by atoms with Gasteiger partial charge in [-0.15, -0.1) is 0 Å². The predicted molar refractivity (Wildman–Crippen MR) is 83.2 cm³/mol. The Morgan fingerprint density at radius 2 is 1.95 bits per heavy atom. The highest BCUT2D eigenvalue weighted by Crippen LogP contribution is 2.38. The van der Waals surface area contributed by atoms with Crippen LogP contribution in [0.1, 0.15) is 55.8 Å². The Hall–Kier alpha value is -1.51. The molecule has 3 nitrogen and oxygen atoms in total. The van der Waals surface area contributed by atoms with Gasteiger partial charge in [-0.2, -0.15) is 0 Å². The number of hydrogen-bond donors (Lipinski definition) is 1. The zero-order valence-corrected chi connectivity index (χ0v) is 12.3. The molecular weight excluding hydrogens is 248 g/mol. The third kappa shape index (κ3) is 2.41. The van der Waals surface area contributed by atoms with Crippen LogP contribution in [0.5, 0.6) is 0 Å². The van der Waals surface area contributed by atoms with Gasteiger partial charge in [-0.05, 0) is 56.7 Å². The van der Waals surface area contributed by atoms with Crippen LogP contribution in [0.25, 0.3) is 0 Å². The SMILES string of the molecule is CC(=O)c1cc(N2CCCC3CCCCC32)ccc1N. The molecule has 1 saturated carbocycles. The molecule has 0 spiro atoms. The van der Waals surface area contributed by atoms with Crippen molar-refractivity contribution in [2.75, 3.05) is 17.2 Å². The number of nitrogens with zero attached hydrogens (tertiary/aromatic N) is 1. The van der Waals surface area contributed by atoms with Crippen LogP contribution in [-0.4, -0.2) is 18.4 Å². The summed E-state index contributed by atoms with van der Waals surface area (Å²) in [6, 6.07) is 6.63. The maximum atomic E-state index is 11.7. The molecule has 1 heterocycles. The predicted octanol–water partition coefficient (Wildman–Crippen LogP) is 3.63. The number of nitrogens with two attached hydrogens (primary N) is 1. The van der Waals surface area contributed by atoms with Crippen molar-refractivity contribution in [2.24, 2.45) is 5.92 Å². The zero-order chi connectivity index (χ0) is 14.1. The molecule has 0 radical (unpaired) electrons. The second-order valence-electron chi connectivity index (χ2n) is 6.28. The molecule has 3 heteroatoms. The number of rotatable bonds is 2. The van der Waals surface area contributed by atoms with Crippen molar-refractivity contribution in [1.82, 2.24) is 0 Å². The molecule has 20 heavy (non-hydrogen) atoms. The third-order valence-corrected chi connectivity index (χ3v) is 4.99. The molecule has 0 amide bonds. The Morgan fingerprint density at radius 3 is 2.75 bits per heavy atom. The summed E-state index contributed by atoms with van der Waals surface area (Å²) < 4.78 is 0. The van der Waals surface area contributed by atoms with Gasteiger partial charge in [0.1, 0.15) is 0 Å². The number of hydrogen-bond acceptors (Lipinski definition) is 3. The van der Waals surface area contributed by atoms with Crippen molar-refractivity contribution >= 4 is 17.2 Å². The van der Waals surface area contributed by atoms with E-state index in [0.29, 0.717) is 17.3 Å². The fourth-order valence-corrected chi connectivity index (χ4v) is 3.97. The smallest absolute Gasteiger partial charge is 0.161 e. The molecular formula is C17H24N2O. The third-order valence-electron chi connectivity index (χ3n) is 4.99. The van der Waals surface area contributed by atoms with E-state index in [4.69, 9.17) is 5.73 Å². The molecule has 0 bridgehead atoms. The summed E-state index contributed by atoms with van der Waals surface area (Å²) in [6.45, 7) is 2.71. The van der Waals surface area contributed by atoms with Crippen molar-refractivity contribution in [3.63, 3.8) is 0 Å². The molecule has 108 valence electrons. The average Bonchev–Trinajstić information content (AvgIpc) is 2.47. The van der Waals surface area contributed by atoms with Gasteiger partial charge in [0.05, 0.1) is 0 Å². The summed E-state index contributed by atoms with van der Waals surface area (Å²) in [7, 11) is 0. The van der Waals surface area contributed by atoms with Gasteiger partial charge < -0.3 is 10.6 Å². The molecule has 1 aromatic rings. The van der Waals surface area contributed by atoms with Gasteiger partial charge in [-0.3, -0.25) is 4.79 Å². The van der Waals surface area contributed by atoms with Crippen molar-refractivity contribution < 1.29 is 4.79 Å². The first-order valence-corrected chi connectivity index (χ1v) is 7.84. The average molecular weight is 272 g/mol. The molecule has 2 atom stereocenters. The Labute approximate surface area is 121 Å². The number of ketones is 1. The fourth-order valence-electron chi connectivity index (χ4n) is 3.97. The monoisotopic (exact) mass is 272 g/mol. The Kier molecular flexibility index (Phi) is 3.68. The summed E-state index contributed by atoms with van der Waals surface area (Å²) in [6.07, 6.45) is 8.03. The van der Waals surface area contributed by atoms with Gasteiger partial charge in [0.2, 0.25) is 0 Å². The minimum Gasteiger partial charge on any atom is -0.398 e. The molecule has 2 N–H and O–H groups in total. The van der Waals surface area contributed by atoms with E-state index < -0.39 is 0 Å². The maximum Gasteiger partial charge on any atom is 0.161 e. The first kappa shape index (κ1) is 13.5. The summed E-state index contributed by atoms with van der Waals surface area (Å²) >= 11 is 0. The first-order valence-electron chi connectivity index (χ1n) is 7.84. The lowest BCUT2D eigenvalue weighted by Crippen LogP contribution is -2.46. The summed E-state index contributed by atoms with van der Waals surface area (Å²) in [5.74, 6) is 0.900. The van der Waals surface area contributed by atoms with E-state index in [1.807, 2.05) is 12.1 Å². The molecule has 3 rings (SSSR count). The second kappa shape index (κ2) is 5.47. The number of fused-ring (bicyclic) bond motifs is 1. The number of piperidine rings is 1. The lowest BCUT2D eigenvalue weighted by molar-refractivity contribution is 0.101. The van der Waals surface area contributed by atoms with Crippen LogP contribution >= 0.6 is 0 Å². The summed E-state index contributed by atoms with van der Waals surface area (Å²) in [5.41, 5.74) is 8.36. The van der Waals surface area contributed by atoms with Crippen LogP contribution in [-0.2, 0) is 0 Å². The summed E-state index contributed by atoms with van der Waals surface area (Å²) in [5, 5.41) is 0. The number of carbonyl (C=O) groups is 1. The van der Waals surface area contributed by atoms with Crippen molar-refractivity contribution in [3.05, 3.63) is 23.8 Å². The van der Waals surface area contributed by atoms with Crippen LogP contribution in [0, 0.1) is 5.92 Å². The number of nitrogen functional groups attached to an aromatic ring is 1. The molecule has 2 aliphatic rings. The Balaban J connectivity index is 1.91. The van der Waals surface area contributed by atoms with Crippen LogP contribution in [0.2, 0.25) is 0 Å². The first-order chi connectivity index (χ1) is 9.66. The molecule has 0 aromatic heterocycles. The normalized spacial score (nSPS) is 26.1. The Bertz CT molecular complexity index is 510. The van der Waals surface area contributed by atoms with E-state index in [2.05, 4.69) is 11.0 Å². The van der Waals surface area contributed by atoms with E-state index in [-0.39, 0.29) is 5.78 Å². The second-order valence-corrected chi connectivity index (χ2v) is 6.28. The number of anilines is 2. The number of benzene rings is 1. The van der Waals surface area contributed by atoms with Gasteiger partial charge in [0, 0.05) is 29.5 Å². The maximum absolute atomic E-state index is 11.7. The van der Waals surface area contributed by atoms with E-state index in [1.165, 1.54) is 44.2 Å². The van der Waals surface area contributed by atoms with Gasteiger partial charge in [0.25, 0.3) is 0 Å². The largest absolute Gasteiger partial charge is 0.398 e. The van der Waals surface area contributed by atoms with E-state index in [1.54, 1.807) is 6.92 Å². The lowest BCUT2D eigenvalue weighted by atomic mass is 9.78. The topological polar surface area (TPSA) is 46.3 Å². The Morgan fingerprint density at radius 1 is 1.20 bits per heavy atom. The minimum atomic E-state index is 0.0570. The van der Waals surface area contributed by atoms with Gasteiger partial charge in [-0.1, -0.05) is 12.8 Å². The van der Waals surface area contributed by atoms with Crippen LogP contribution < -0.4 is 10.6 Å². The standard InChI is InChI=1S/C17H24N2O/c1-12(20)15-11-14(8-9-16(15)18)19-10-4-6-13-5-2-3-7-17(13)19/h8-9,11,13,17H,2-7,10,18H2,1H3. The van der Waals surface area contributed by atoms with Crippen molar-refractivity contribution in [1.29, 1.82) is 0 Å². The molecule has 1 aliphatic carbocycles. The highest BCUT2D eigenvalue weighted by molar-refractivity contribution is 6.00. The highest BCUT2D eigenvalue weighted by atomic mass is 16.1. The van der Waals surface area contributed by atoms with E-state index in [9.17, 15) is 4.79 Å². The highest BCUT2D eigenvalue weighted by Gasteiger charge is 2.33. The van der Waals surface area contributed by atoms with E-state index >= 15 is 0 Å². The molecule has 1 aliphatic heterocycles. The number of carbonyl (C=O) groups excluding carboxylic acids is 1. The zero-order valence-electron chi connectivity index (χ0n) is 12.3.